The molecule has 3 amide bonds. The van der Waals surface area contributed by atoms with E-state index in [-0.39, 0.29) is 16.9 Å². The minimum Gasteiger partial charge on any atom is -0.321 e. The lowest BCUT2D eigenvalue weighted by Crippen LogP contribution is -2.30. The van der Waals surface area contributed by atoms with Crippen LogP contribution in [-0.4, -0.2) is 23.5 Å². The molecule has 0 aliphatic rings. The van der Waals surface area contributed by atoms with Crippen molar-refractivity contribution in [1.29, 1.82) is 0 Å². The summed E-state index contributed by atoms with van der Waals surface area (Å²) >= 11 is 6.81. The third kappa shape index (κ3) is 8.46. The Balaban J connectivity index is 1.47. The number of anilines is 2. The fourth-order valence-electron chi connectivity index (χ4n) is 3.88. The van der Waals surface area contributed by atoms with Crippen molar-refractivity contribution in [1.82, 2.24) is 5.32 Å². The van der Waals surface area contributed by atoms with E-state index in [2.05, 4.69) is 10.6 Å². The Kier molecular flexibility index (Phi) is 10.7. The minimum atomic E-state index is -5.73. The van der Waals surface area contributed by atoms with Crippen molar-refractivity contribution < 1.29 is 45.1 Å². The zero-order valence-corrected chi connectivity index (χ0v) is 24.5. The average molecular weight is 682 g/mol. The molecule has 0 heterocycles. The van der Waals surface area contributed by atoms with Crippen LogP contribution in [0.5, 0.6) is 0 Å². The smallest absolute Gasteiger partial charge is 0.321 e. The Morgan fingerprint density at radius 1 is 0.783 bits per heavy atom. The van der Waals surface area contributed by atoms with E-state index in [1.54, 1.807) is 59.9 Å². The van der Waals surface area contributed by atoms with E-state index in [9.17, 15) is 45.1 Å². The lowest BCUT2D eigenvalue weighted by Gasteiger charge is -2.14. The number of hydrogen-bond donors (Lipinski definition) is 3. The van der Waals surface area contributed by atoms with Gasteiger partial charge in [-0.15, -0.1) is 11.8 Å². The highest BCUT2D eigenvalue weighted by molar-refractivity contribution is 8.00. The summed E-state index contributed by atoms with van der Waals surface area (Å²) in [5.41, 5.74) is -3.64. The van der Waals surface area contributed by atoms with E-state index >= 15 is 0 Å². The molecule has 4 aromatic rings. The largest absolute Gasteiger partial charge is 0.422 e. The van der Waals surface area contributed by atoms with Gasteiger partial charge in [-0.05, 0) is 54.1 Å². The SMILES string of the molecule is O=C(CSc1cccc(NC(=O)/C(=C/c2cccc(Cl)c2)NC(=O)c2ccccc2)c1)Nc1c(F)c(F)c(C(F)(F)F)c(F)c1F. The van der Waals surface area contributed by atoms with Gasteiger partial charge in [-0.2, -0.15) is 13.2 Å². The Labute approximate surface area is 265 Å². The summed E-state index contributed by atoms with van der Waals surface area (Å²) in [5, 5.41) is 7.09. The molecule has 0 saturated heterocycles. The van der Waals surface area contributed by atoms with Gasteiger partial charge in [0.05, 0.1) is 5.75 Å². The van der Waals surface area contributed by atoms with Gasteiger partial charge in [0.1, 0.15) is 16.9 Å². The fourth-order valence-corrected chi connectivity index (χ4v) is 4.84. The summed E-state index contributed by atoms with van der Waals surface area (Å²) in [7, 11) is 0. The lowest BCUT2D eigenvalue weighted by molar-refractivity contribution is -0.143. The summed E-state index contributed by atoms with van der Waals surface area (Å²) in [6.07, 6.45) is -4.33. The molecular formula is C31H19ClF7N3O3S. The molecule has 3 N–H and O–H groups in total. The van der Waals surface area contributed by atoms with Gasteiger partial charge in [-0.25, -0.2) is 17.6 Å². The van der Waals surface area contributed by atoms with Gasteiger partial charge >= 0.3 is 6.18 Å². The highest BCUT2D eigenvalue weighted by atomic mass is 35.5. The first-order valence-electron chi connectivity index (χ1n) is 12.9. The van der Waals surface area contributed by atoms with Crippen molar-refractivity contribution in [2.24, 2.45) is 0 Å². The molecule has 0 spiro atoms. The maximum absolute atomic E-state index is 14.1. The van der Waals surface area contributed by atoms with E-state index in [4.69, 9.17) is 11.6 Å². The number of rotatable bonds is 9. The highest BCUT2D eigenvalue weighted by Gasteiger charge is 2.42. The zero-order valence-electron chi connectivity index (χ0n) is 22.9. The van der Waals surface area contributed by atoms with Crippen LogP contribution in [0.1, 0.15) is 21.5 Å². The molecule has 238 valence electrons. The number of carbonyl (C=O) groups excluding carboxylic acids is 3. The van der Waals surface area contributed by atoms with Crippen molar-refractivity contribution in [3.05, 3.63) is 130 Å². The third-order valence-electron chi connectivity index (χ3n) is 5.96. The molecule has 0 aromatic heterocycles. The van der Waals surface area contributed by atoms with Crippen LogP contribution in [-0.2, 0) is 15.8 Å². The number of benzene rings is 4. The summed E-state index contributed by atoms with van der Waals surface area (Å²) in [5.74, 6) is -13.4. The molecule has 0 atom stereocenters. The maximum atomic E-state index is 14.1. The molecule has 0 radical (unpaired) electrons. The van der Waals surface area contributed by atoms with Crippen molar-refractivity contribution >= 4 is 58.5 Å². The summed E-state index contributed by atoms with van der Waals surface area (Å²) in [4.78, 5) is 38.7. The number of carbonyl (C=O) groups is 3. The normalized spacial score (nSPS) is 11.6. The molecule has 0 aliphatic carbocycles. The second kappa shape index (κ2) is 14.5. The number of halogens is 8. The first kappa shape index (κ1) is 34.1. The topological polar surface area (TPSA) is 87.3 Å². The van der Waals surface area contributed by atoms with Crippen LogP contribution in [0.3, 0.4) is 0 Å². The van der Waals surface area contributed by atoms with Crippen LogP contribution >= 0.6 is 23.4 Å². The Morgan fingerprint density at radius 2 is 1.43 bits per heavy atom. The molecule has 0 fully saturated rings. The standard InChI is InChI=1S/C31H19ClF7N3O3S/c32-18-9-4-6-16(12-18)13-21(41-29(44)17-7-2-1-3-8-17)30(45)40-19-10-5-11-20(14-19)46-15-22(43)42-28-26(35)24(33)23(31(37,38)39)25(34)27(28)36/h1-14H,15H2,(H,40,45)(H,41,44)(H,42,43)/b21-13-. The molecule has 0 aliphatic heterocycles. The Hall–Kier alpha value is -4.82. The van der Waals surface area contributed by atoms with Crippen LogP contribution in [0.25, 0.3) is 6.08 Å². The van der Waals surface area contributed by atoms with Crippen LogP contribution in [0, 0.1) is 23.3 Å². The maximum Gasteiger partial charge on any atom is 0.422 e. The molecule has 0 unspecified atom stereocenters. The number of thioether (sulfide) groups is 1. The van der Waals surface area contributed by atoms with Gasteiger partial charge in [-0.3, -0.25) is 14.4 Å². The fraction of sp³-hybridized carbons (Fsp3) is 0.0645. The molecule has 46 heavy (non-hydrogen) atoms. The molecule has 6 nitrogen and oxygen atoms in total. The van der Waals surface area contributed by atoms with Crippen LogP contribution in [0.15, 0.2) is 89.5 Å². The van der Waals surface area contributed by atoms with E-state index in [1.807, 2.05) is 0 Å². The van der Waals surface area contributed by atoms with Crippen LogP contribution in [0.2, 0.25) is 5.02 Å². The van der Waals surface area contributed by atoms with Crippen molar-refractivity contribution in [2.75, 3.05) is 16.4 Å². The first-order valence-corrected chi connectivity index (χ1v) is 14.2. The van der Waals surface area contributed by atoms with E-state index < -0.39 is 64.2 Å². The Bertz CT molecular complexity index is 1810. The van der Waals surface area contributed by atoms with E-state index in [1.165, 1.54) is 30.3 Å². The molecule has 4 aromatic carbocycles. The van der Waals surface area contributed by atoms with Crippen LogP contribution in [0.4, 0.5) is 42.1 Å². The predicted molar refractivity (Wildman–Crippen MR) is 159 cm³/mol. The number of amides is 3. The van der Waals surface area contributed by atoms with Gasteiger partial charge < -0.3 is 16.0 Å². The average Bonchev–Trinajstić information content (AvgIpc) is 3.01. The summed E-state index contributed by atoms with van der Waals surface area (Å²) < 4.78 is 94.5. The van der Waals surface area contributed by atoms with Gasteiger partial charge in [0, 0.05) is 21.2 Å². The van der Waals surface area contributed by atoms with E-state index in [0.717, 1.165) is 11.8 Å². The number of hydrogen-bond acceptors (Lipinski definition) is 4. The first-order chi connectivity index (χ1) is 21.7. The van der Waals surface area contributed by atoms with Crippen molar-refractivity contribution in [3.8, 4) is 0 Å². The second-order valence-corrected chi connectivity index (χ2v) is 10.7. The van der Waals surface area contributed by atoms with Gasteiger partial charge in [0.15, 0.2) is 23.3 Å². The number of alkyl halides is 3. The quantitative estimate of drug-likeness (QED) is 0.0722. The van der Waals surface area contributed by atoms with Crippen molar-refractivity contribution in [3.63, 3.8) is 0 Å². The monoisotopic (exact) mass is 681 g/mol. The minimum absolute atomic E-state index is 0.145. The van der Waals surface area contributed by atoms with Gasteiger partial charge in [0.25, 0.3) is 11.8 Å². The molecule has 4 rings (SSSR count). The molecular weight excluding hydrogens is 663 g/mol. The summed E-state index contributed by atoms with van der Waals surface area (Å²) in [6.45, 7) is 0. The number of nitrogens with one attached hydrogen (secondary N) is 3. The highest BCUT2D eigenvalue weighted by Crippen LogP contribution is 2.38. The van der Waals surface area contributed by atoms with Gasteiger partial charge in [0.2, 0.25) is 5.91 Å². The van der Waals surface area contributed by atoms with Crippen LogP contribution < -0.4 is 16.0 Å². The Morgan fingerprint density at radius 3 is 2.07 bits per heavy atom. The van der Waals surface area contributed by atoms with E-state index in [0.29, 0.717) is 15.5 Å². The molecule has 0 saturated carbocycles. The van der Waals surface area contributed by atoms with Gasteiger partial charge in [-0.1, -0.05) is 48.0 Å². The molecule has 0 bridgehead atoms. The predicted octanol–water partition coefficient (Wildman–Crippen LogP) is 8.06. The molecule has 15 heteroatoms. The van der Waals surface area contributed by atoms with Crippen molar-refractivity contribution in [2.45, 2.75) is 11.1 Å². The lowest BCUT2D eigenvalue weighted by atomic mass is 10.1. The third-order valence-corrected chi connectivity index (χ3v) is 7.19. The second-order valence-electron chi connectivity index (χ2n) is 9.26. The summed E-state index contributed by atoms with van der Waals surface area (Å²) in [6, 6.07) is 20.5. The zero-order chi connectivity index (χ0) is 33.6.